The molecule has 0 aliphatic carbocycles. The van der Waals surface area contributed by atoms with E-state index in [1.165, 1.54) is 69.1 Å². The lowest BCUT2D eigenvalue weighted by Gasteiger charge is -2.28. The number of rotatable bonds is 6. The molecule has 1 aliphatic heterocycles. The highest BCUT2D eigenvalue weighted by Gasteiger charge is 2.28. The molecule has 0 N–H and O–H groups in total. The molecule has 270 valence electrons. The van der Waals surface area contributed by atoms with E-state index in [4.69, 9.17) is 4.74 Å². The number of ether oxygens (including phenoxy) is 1. The maximum Gasteiger partial charge on any atom is 0.242 e. The first-order valence-electron chi connectivity index (χ1n) is 19.9. The molecule has 1 aromatic heterocycles. The van der Waals surface area contributed by atoms with Gasteiger partial charge in [0.25, 0.3) is 0 Å². The van der Waals surface area contributed by atoms with E-state index in [9.17, 15) is 0 Å². The van der Waals surface area contributed by atoms with Crippen molar-refractivity contribution in [3.63, 3.8) is 0 Å². The van der Waals surface area contributed by atoms with Crippen molar-refractivity contribution >= 4 is 104 Å². The van der Waals surface area contributed by atoms with Gasteiger partial charge in [0.2, 0.25) is 6.71 Å². The number of thiophene rings is 1. The number of para-hydroxylation sites is 1. The Morgan fingerprint density at radius 2 is 0.966 bits per heavy atom. The van der Waals surface area contributed by atoms with Crippen molar-refractivity contribution < 1.29 is 4.74 Å². The fourth-order valence-corrected chi connectivity index (χ4v) is 10.5. The van der Waals surface area contributed by atoms with E-state index in [0.29, 0.717) is 0 Å². The first-order chi connectivity index (χ1) is 28.8. The molecule has 0 unspecified atom stereocenters. The van der Waals surface area contributed by atoms with Crippen molar-refractivity contribution in [1.82, 2.24) is 0 Å². The normalized spacial score (nSPS) is 11.9. The summed E-state index contributed by atoms with van der Waals surface area (Å²) in [6.07, 6.45) is 0. The lowest BCUT2D eigenvalue weighted by atomic mass is 9.36. The summed E-state index contributed by atoms with van der Waals surface area (Å²) in [5.41, 5.74) is 9.41. The Kier molecular flexibility index (Phi) is 7.54. The van der Waals surface area contributed by atoms with Crippen LogP contribution < -0.4 is 26.0 Å². The molecule has 0 radical (unpaired) electrons. The summed E-state index contributed by atoms with van der Waals surface area (Å²) in [6, 6.07) is 75.1. The van der Waals surface area contributed by atoms with E-state index in [2.05, 4.69) is 211 Å². The molecule has 0 atom stereocenters. The highest BCUT2D eigenvalue weighted by molar-refractivity contribution is 7.25. The quantitative estimate of drug-likeness (QED) is 0.124. The summed E-state index contributed by atoms with van der Waals surface area (Å²) in [7, 11) is 0. The fraction of sp³-hybridized carbons (Fsp3) is 0. The zero-order chi connectivity index (χ0) is 38.2. The second-order valence-electron chi connectivity index (χ2n) is 15.2. The predicted molar refractivity (Wildman–Crippen MR) is 250 cm³/mol. The SMILES string of the molecule is c1ccc(B(c2ccccc2)c2cc3c4cccc5c4c(cc3c3ccccc23)-c2ccc(N(c3ccccc3)c3ccc4sc6ccccc6c4c3)cc2O5)cc1. The number of nitrogens with zero attached hydrogens (tertiary/aromatic N) is 1. The molecular formula is C54H34BNOS. The topological polar surface area (TPSA) is 12.5 Å². The van der Waals surface area contributed by atoms with Gasteiger partial charge in [0, 0.05) is 54.3 Å². The summed E-state index contributed by atoms with van der Waals surface area (Å²) >= 11 is 1.85. The summed E-state index contributed by atoms with van der Waals surface area (Å²) in [5, 5.41) is 9.93. The summed E-state index contributed by atoms with van der Waals surface area (Å²) in [6.45, 7) is 0.0737. The third-order valence-corrected chi connectivity index (χ3v) is 13.1. The Morgan fingerprint density at radius 1 is 0.362 bits per heavy atom. The smallest absolute Gasteiger partial charge is 0.242 e. The fourth-order valence-electron chi connectivity index (χ4n) is 9.39. The zero-order valence-corrected chi connectivity index (χ0v) is 32.3. The number of hydrogen-bond acceptors (Lipinski definition) is 3. The van der Waals surface area contributed by atoms with Gasteiger partial charge in [-0.2, -0.15) is 0 Å². The average Bonchev–Trinajstić information content (AvgIpc) is 3.66. The minimum Gasteiger partial charge on any atom is -0.456 e. The molecule has 2 nitrogen and oxygen atoms in total. The van der Waals surface area contributed by atoms with Crippen LogP contribution in [0.4, 0.5) is 17.1 Å². The van der Waals surface area contributed by atoms with E-state index in [0.717, 1.165) is 39.5 Å². The van der Waals surface area contributed by atoms with Crippen LogP contribution in [0, 0.1) is 0 Å². The van der Waals surface area contributed by atoms with Crippen LogP contribution in [0.2, 0.25) is 0 Å². The Bertz CT molecular complexity index is 3340. The van der Waals surface area contributed by atoms with Gasteiger partial charge < -0.3 is 9.64 Å². The molecule has 10 aromatic carbocycles. The van der Waals surface area contributed by atoms with E-state index in [1.807, 2.05) is 11.3 Å². The highest BCUT2D eigenvalue weighted by Crippen LogP contribution is 2.51. The monoisotopic (exact) mass is 755 g/mol. The standard InChI is InChI=1S/C54H34BNOS/c1-4-15-35(16-5-1)55(36-17-6-2-7-18-36)49-34-46-44-24-14-25-50-54(44)48(33-45(46)40-21-10-11-22-41(40)49)42-29-27-39(32-51(42)57-50)56(37-19-8-3-9-20-37)38-28-30-53-47(31-38)43-23-12-13-26-52(43)58-53/h1-34H. The highest BCUT2D eigenvalue weighted by atomic mass is 32.1. The van der Waals surface area contributed by atoms with Crippen LogP contribution in [-0.2, 0) is 0 Å². The Morgan fingerprint density at radius 3 is 1.74 bits per heavy atom. The van der Waals surface area contributed by atoms with Gasteiger partial charge in [0.1, 0.15) is 11.5 Å². The number of hydrogen-bond donors (Lipinski definition) is 0. The van der Waals surface area contributed by atoms with Crippen molar-refractivity contribution in [3.05, 3.63) is 206 Å². The molecule has 2 heterocycles. The van der Waals surface area contributed by atoms with Crippen LogP contribution in [-0.4, -0.2) is 6.71 Å². The van der Waals surface area contributed by atoms with Gasteiger partial charge in [0.05, 0.1) is 0 Å². The van der Waals surface area contributed by atoms with Crippen molar-refractivity contribution in [3.8, 4) is 22.6 Å². The first kappa shape index (κ1) is 33.0. The summed E-state index contributed by atoms with van der Waals surface area (Å²) < 4.78 is 9.55. The van der Waals surface area contributed by atoms with Crippen molar-refractivity contribution in [1.29, 1.82) is 0 Å². The molecule has 0 saturated carbocycles. The molecule has 0 spiro atoms. The van der Waals surface area contributed by atoms with Crippen LogP contribution in [0.15, 0.2) is 206 Å². The largest absolute Gasteiger partial charge is 0.456 e. The molecular weight excluding hydrogens is 721 g/mol. The van der Waals surface area contributed by atoms with Gasteiger partial charge in [-0.05, 0) is 93.2 Å². The lowest BCUT2D eigenvalue weighted by molar-refractivity contribution is 0.487. The van der Waals surface area contributed by atoms with E-state index >= 15 is 0 Å². The van der Waals surface area contributed by atoms with Gasteiger partial charge in [-0.25, -0.2) is 0 Å². The van der Waals surface area contributed by atoms with Crippen molar-refractivity contribution in [2.45, 2.75) is 0 Å². The van der Waals surface area contributed by atoms with Crippen LogP contribution in [0.3, 0.4) is 0 Å². The second-order valence-corrected chi connectivity index (χ2v) is 16.3. The third-order valence-electron chi connectivity index (χ3n) is 11.9. The van der Waals surface area contributed by atoms with Gasteiger partial charge in [0.15, 0.2) is 0 Å². The van der Waals surface area contributed by atoms with Gasteiger partial charge in [-0.3, -0.25) is 0 Å². The maximum absolute atomic E-state index is 6.96. The molecule has 0 amide bonds. The van der Waals surface area contributed by atoms with Crippen LogP contribution in [0.5, 0.6) is 11.5 Å². The van der Waals surface area contributed by atoms with Crippen LogP contribution in [0.25, 0.3) is 63.6 Å². The number of fused-ring (bicyclic) bond motifs is 9. The van der Waals surface area contributed by atoms with Crippen molar-refractivity contribution in [2.75, 3.05) is 4.90 Å². The molecule has 12 rings (SSSR count). The predicted octanol–water partition coefficient (Wildman–Crippen LogP) is 13.3. The maximum atomic E-state index is 6.96. The summed E-state index contributed by atoms with van der Waals surface area (Å²) in [4.78, 5) is 2.34. The van der Waals surface area contributed by atoms with Gasteiger partial charge in [-0.1, -0.05) is 156 Å². The van der Waals surface area contributed by atoms with Crippen LogP contribution in [0.1, 0.15) is 0 Å². The molecule has 1 aliphatic rings. The number of anilines is 3. The molecule has 0 saturated heterocycles. The third kappa shape index (κ3) is 5.19. The molecule has 0 bridgehead atoms. The Labute approximate surface area is 340 Å². The Hall–Kier alpha value is -7.14. The van der Waals surface area contributed by atoms with Crippen LogP contribution >= 0.6 is 11.3 Å². The molecule has 58 heavy (non-hydrogen) atoms. The molecule has 11 aromatic rings. The lowest BCUT2D eigenvalue weighted by Crippen LogP contribution is -2.52. The van der Waals surface area contributed by atoms with E-state index < -0.39 is 0 Å². The first-order valence-corrected chi connectivity index (χ1v) is 20.7. The summed E-state index contributed by atoms with van der Waals surface area (Å²) in [5.74, 6) is 1.74. The van der Waals surface area contributed by atoms with Crippen molar-refractivity contribution in [2.24, 2.45) is 0 Å². The number of benzene rings is 10. The van der Waals surface area contributed by atoms with E-state index in [-0.39, 0.29) is 6.71 Å². The molecule has 0 fully saturated rings. The van der Waals surface area contributed by atoms with Gasteiger partial charge >= 0.3 is 0 Å². The second kappa shape index (κ2) is 13.2. The minimum absolute atomic E-state index is 0.0737. The zero-order valence-electron chi connectivity index (χ0n) is 31.5. The average molecular weight is 756 g/mol. The van der Waals surface area contributed by atoms with E-state index in [1.54, 1.807) is 0 Å². The minimum atomic E-state index is 0.0737. The van der Waals surface area contributed by atoms with Gasteiger partial charge in [-0.15, -0.1) is 11.3 Å². The molecule has 4 heteroatoms. The Balaban J connectivity index is 1.06.